The van der Waals surface area contributed by atoms with Gasteiger partial charge in [0, 0.05) is 41.4 Å². The maximum absolute atomic E-state index is 12.6. The zero-order valence-electron chi connectivity index (χ0n) is 13.7. The summed E-state index contributed by atoms with van der Waals surface area (Å²) in [5.41, 5.74) is 1.16. The molecule has 1 atom stereocenters. The molecular formula is C18H18Cl3F3N2. The van der Waals surface area contributed by atoms with E-state index in [0.29, 0.717) is 16.6 Å². The Balaban J connectivity index is 0.00000243. The Morgan fingerprint density at radius 1 is 1.08 bits per heavy atom. The van der Waals surface area contributed by atoms with Crippen molar-refractivity contribution in [3.8, 4) is 0 Å². The van der Waals surface area contributed by atoms with Crippen molar-refractivity contribution in [3.63, 3.8) is 0 Å². The van der Waals surface area contributed by atoms with Crippen LogP contribution < -0.4 is 10.2 Å². The van der Waals surface area contributed by atoms with Gasteiger partial charge in [0.25, 0.3) is 0 Å². The Morgan fingerprint density at radius 3 is 2.38 bits per heavy atom. The lowest BCUT2D eigenvalue weighted by molar-refractivity contribution is -0.137. The van der Waals surface area contributed by atoms with Gasteiger partial charge in [-0.2, -0.15) is 13.2 Å². The van der Waals surface area contributed by atoms with Gasteiger partial charge in [-0.05, 0) is 48.4 Å². The number of nitrogens with one attached hydrogen (secondary N) is 1. The van der Waals surface area contributed by atoms with Gasteiger partial charge >= 0.3 is 6.18 Å². The predicted octanol–water partition coefficient (Wildman–Crippen LogP) is 5.80. The molecule has 3 rings (SSSR count). The standard InChI is InChI=1S/C18H17Cl2F3N2.ClH/c19-14-4-1-12(17(20)9-14)10-24-15-7-8-25(11-15)16-5-2-13(3-6-16)18(21,22)23;/h1-6,9,15,24H,7-8,10-11H2;1H. The van der Waals surface area contributed by atoms with Crippen LogP contribution in [0.25, 0.3) is 0 Å². The van der Waals surface area contributed by atoms with E-state index in [0.717, 1.165) is 42.9 Å². The zero-order chi connectivity index (χ0) is 18.0. The first-order chi connectivity index (χ1) is 11.8. The maximum atomic E-state index is 12.6. The third-order valence-electron chi connectivity index (χ3n) is 4.34. The van der Waals surface area contributed by atoms with Crippen molar-refractivity contribution in [2.45, 2.75) is 25.2 Å². The molecule has 1 saturated heterocycles. The summed E-state index contributed by atoms with van der Waals surface area (Å²) in [4.78, 5) is 2.08. The number of benzene rings is 2. The third-order valence-corrected chi connectivity index (χ3v) is 4.93. The summed E-state index contributed by atoms with van der Waals surface area (Å²) < 4.78 is 37.9. The van der Waals surface area contributed by atoms with Crippen molar-refractivity contribution in [2.75, 3.05) is 18.0 Å². The van der Waals surface area contributed by atoms with E-state index >= 15 is 0 Å². The van der Waals surface area contributed by atoms with E-state index in [9.17, 15) is 13.2 Å². The van der Waals surface area contributed by atoms with Crippen molar-refractivity contribution < 1.29 is 13.2 Å². The lowest BCUT2D eigenvalue weighted by atomic mass is 10.2. The number of rotatable bonds is 4. The number of hydrogen-bond donors (Lipinski definition) is 1. The van der Waals surface area contributed by atoms with Crippen LogP contribution in [0.5, 0.6) is 0 Å². The van der Waals surface area contributed by atoms with Crippen LogP contribution in [0.15, 0.2) is 42.5 Å². The minimum Gasteiger partial charge on any atom is -0.370 e. The van der Waals surface area contributed by atoms with Crippen LogP contribution >= 0.6 is 35.6 Å². The average molecular weight is 426 g/mol. The molecule has 2 aromatic carbocycles. The number of halogens is 6. The van der Waals surface area contributed by atoms with Crippen LogP contribution in [0, 0.1) is 0 Å². The average Bonchev–Trinajstić information content (AvgIpc) is 3.02. The van der Waals surface area contributed by atoms with Gasteiger partial charge in [-0.25, -0.2) is 0 Å². The molecule has 1 heterocycles. The van der Waals surface area contributed by atoms with Crippen molar-refractivity contribution in [1.82, 2.24) is 5.32 Å². The van der Waals surface area contributed by atoms with Gasteiger partial charge < -0.3 is 10.2 Å². The largest absolute Gasteiger partial charge is 0.416 e. The molecule has 8 heteroatoms. The Kier molecular flexibility index (Phi) is 7.08. The topological polar surface area (TPSA) is 15.3 Å². The highest BCUT2D eigenvalue weighted by Gasteiger charge is 2.30. The van der Waals surface area contributed by atoms with Gasteiger partial charge in [0.2, 0.25) is 0 Å². The first-order valence-corrected chi connectivity index (χ1v) is 8.68. The SMILES string of the molecule is Cl.FC(F)(F)c1ccc(N2CCC(NCc3ccc(Cl)cc3Cl)C2)cc1. The summed E-state index contributed by atoms with van der Waals surface area (Å²) in [5.74, 6) is 0. The highest BCUT2D eigenvalue weighted by molar-refractivity contribution is 6.35. The number of alkyl halides is 3. The highest BCUT2D eigenvalue weighted by atomic mass is 35.5. The van der Waals surface area contributed by atoms with Gasteiger partial charge in [0.15, 0.2) is 0 Å². The summed E-state index contributed by atoms with van der Waals surface area (Å²) in [6.07, 6.45) is -3.38. The fourth-order valence-electron chi connectivity index (χ4n) is 2.94. The van der Waals surface area contributed by atoms with Crippen molar-refractivity contribution in [3.05, 3.63) is 63.6 Å². The molecule has 26 heavy (non-hydrogen) atoms. The van der Waals surface area contributed by atoms with Gasteiger partial charge in [-0.15, -0.1) is 12.4 Å². The number of anilines is 1. The first kappa shape index (κ1) is 21.2. The molecule has 0 saturated carbocycles. The summed E-state index contributed by atoms with van der Waals surface area (Å²) in [7, 11) is 0. The van der Waals surface area contributed by atoms with Crippen molar-refractivity contribution >= 4 is 41.3 Å². The summed E-state index contributed by atoms with van der Waals surface area (Å²) in [5, 5.41) is 4.67. The first-order valence-electron chi connectivity index (χ1n) is 7.92. The summed E-state index contributed by atoms with van der Waals surface area (Å²) >= 11 is 12.1. The van der Waals surface area contributed by atoms with E-state index in [1.807, 2.05) is 6.07 Å². The van der Waals surface area contributed by atoms with Crippen LogP contribution in [-0.2, 0) is 12.7 Å². The monoisotopic (exact) mass is 424 g/mol. The Morgan fingerprint density at radius 2 is 1.77 bits per heavy atom. The molecule has 142 valence electrons. The van der Waals surface area contributed by atoms with Gasteiger partial charge in [0.05, 0.1) is 5.56 Å². The van der Waals surface area contributed by atoms with Gasteiger partial charge in [0.1, 0.15) is 0 Å². The van der Waals surface area contributed by atoms with Crippen LogP contribution in [0.2, 0.25) is 10.0 Å². The molecule has 1 N–H and O–H groups in total. The van der Waals surface area contributed by atoms with Crippen LogP contribution in [0.4, 0.5) is 18.9 Å². The molecule has 1 aliphatic heterocycles. The van der Waals surface area contributed by atoms with E-state index in [4.69, 9.17) is 23.2 Å². The minimum absolute atomic E-state index is 0. The molecule has 0 radical (unpaired) electrons. The molecule has 1 unspecified atom stereocenters. The Bertz CT molecular complexity index is 735. The lowest BCUT2D eigenvalue weighted by Crippen LogP contribution is -2.32. The summed E-state index contributed by atoms with van der Waals surface area (Å²) in [6.45, 7) is 2.18. The third kappa shape index (κ3) is 5.19. The fraction of sp³-hybridized carbons (Fsp3) is 0.333. The molecule has 1 aliphatic rings. The molecule has 0 spiro atoms. The Labute approximate surface area is 166 Å². The Hall–Kier alpha value is -1.14. The maximum Gasteiger partial charge on any atom is 0.416 e. The second-order valence-corrected chi connectivity index (χ2v) is 6.94. The van der Waals surface area contributed by atoms with E-state index in [2.05, 4.69) is 10.2 Å². The predicted molar refractivity (Wildman–Crippen MR) is 103 cm³/mol. The molecule has 1 fully saturated rings. The smallest absolute Gasteiger partial charge is 0.370 e. The van der Waals surface area contributed by atoms with E-state index in [1.165, 1.54) is 12.1 Å². The van der Waals surface area contributed by atoms with Crippen LogP contribution in [0.1, 0.15) is 17.5 Å². The van der Waals surface area contributed by atoms with Crippen molar-refractivity contribution in [2.24, 2.45) is 0 Å². The van der Waals surface area contributed by atoms with Crippen LogP contribution in [0.3, 0.4) is 0 Å². The molecule has 0 amide bonds. The molecule has 0 aromatic heterocycles. The molecular weight excluding hydrogens is 408 g/mol. The molecule has 0 bridgehead atoms. The van der Waals surface area contributed by atoms with Crippen LogP contribution in [-0.4, -0.2) is 19.1 Å². The fourth-order valence-corrected chi connectivity index (χ4v) is 3.42. The second-order valence-electron chi connectivity index (χ2n) is 6.09. The van der Waals surface area contributed by atoms with E-state index in [-0.39, 0.29) is 18.4 Å². The highest BCUT2D eigenvalue weighted by Crippen LogP contribution is 2.31. The molecule has 2 nitrogen and oxygen atoms in total. The minimum atomic E-state index is -4.30. The van der Waals surface area contributed by atoms with Crippen molar-refractivity contribution in [1.29, 1.82) is 0 Å². The number of nitrogens with zero attached hydrogens (tertiary/aromatic N) is 1. The second kappa shape index (κ2) is 8.70. The lowest BCUT2D eigenvalue weighted by Gasteiger charge is -2.20. The van der Waals surface area contributed by atoms with E-state index in [1.54, 1.807) is 12.1 Å². The van der Waals surface area contributed by atoms with Gasteiger partial charge in [-0.3, -0.25) is 0 Å². The normalized spacial score (nSPS) is 17.3. The molecule has 0 aliphatic carbocycles. The number of hydrogen-bond acceptors (Lipinski definition) is 2. The quantitative estimate of drug-likeness (QED) is 0.666. The van der Waals surface area contributed by atoms with Gasteiger partial charge in [-0.1, -0.05) is 29.3 Å². The zero-order valence-corrected chi connectivity index (χ0v) is 16.0. The molecule has 2 aromatic rings. The van der Waals surface area contributed by atoms with E-state index < -0.39 is 11.7 Å². The summed E-state index contributed by atoms with van der Waals surface area (Å²) in [6, 6.07) is 11.0.